The molecule has 0 spiro atoms. The SMILES string of the molecule is COCCN[C@H]1CC[C@H](Nc2cc(-c3ccc(F)c(NCC4(F)CC4)c3)c(F)cn2)CC1. The molecule has 1 heterocycles. The summed E-state index contributed by atoms with van der Waals surface area (Å²) in [7, 11) is 1.70. The minimum absolute atomic E-state index is 0.0575. The molecule has 2 aliphatic carbocycles. The first-order valence-corrected chi connectivity index (χ1v) is 11.3. The second-order valence-corrected chi connectivity index (χ2v) is 8.89. The number of methoxy groups -OCH3 is 1. The van der Waals surface area contributed by atoms with Crippen LogP contribution in [0.15, 0.2) is 30.5 Å². The molecule has 32 heavy (non-hydrogen) atoms. The first kappa shape index (κ1) is 22.9. The summed E-state index contributed by atoms with van der Waals surface area (Å²) in [5, 5.41) is 9.75. The molecule has 2 aromatic rings. The molecule has 3 N–H and O–H groups in total. The van der Waals surface area contributed by atoms with Crippen LogP contribution in [0.2, 0.25) is 0 Å². The quantitative estimate of drug-likeness (QED) is 0.452. The van der Waals surface area contributed by atoms with E-state index in [-0.39, 0.29) is 18.3 Å². The minimum Gasteiger partial charge on any atom is -0.383 e. The summed E-state index contributed by atoms with van der Waals surface area (Å²) in [4.78, 5) is 4.20. The van der Waals surface area contributed by atoms with Crippen LogP contribution in [0.5, 0.6) is 0 Å². The number of hydrogen-bond donors (Lipinski definition) is 3. The van der Waals surface area contributed by atoms with E-state index >= 15 is 0 Å². The normalized spacial score (nSPS) is 21.9. The van der Waals surface area contributed by atoms with Crippen molar-refractivity contribution >= 4 is 11.5 Å². The number of hydrogen-bond acceptors (Lipinski definition) is 5. The predicted molar refractivity (Wildman–Crippen MR) is 121 cm³/mol. The molecule has 8 heteroatoms. The van der Waals surface area contributed by atoms with E-state index in [0.29, 0.717) is 42.4 Å². The number of pyridine rings is 1. The van der Waals surface area contributed by atoms with Gasteiger partial charge in [-0.15, -0.1) is 0 Å². The number of alkyl halides is 1. The number of rotatable bonds is 10. The van der Waals surface area contributed by atoms with Crippen LogP contribution in [0, 0.1) is 11.6 Å². The van der Waals surface area contributed by atoms with Gasteiger partial charge in [-0.1, -0.05) is 6.07 Å². The molecule has 0 atom stereocenters. The molecular weight excluding hydrogens is 417 g/mol. The molecule has 1 aromatic heterocycles. The number of aromatic nitrogens is 1. The van der Waals surface area contributed by atoms with Crippen LogP contribution in [0.25, 0.3) is 11.1 Å². The van der Waals surface area contributed by atoms with Gasteiger partial charge in [-0.05, 0) is 62.3 Å². The molecule has 0 saturated heterocycles. The number of benzene rings is 1. The van der Waals surface area contributed by atoms with E-state index < -0.39 is 17.3 Å². The summed E-state index contributed by atoms with van der Waals surface area (Å²) in [6.45, 7) is 1.61. The van der Waals surface area contributed by atoms with Crippen molar-refractivity contribution < 1.29 is 17.9 Å². The maximum Gasteiger partial charge on any atom is 0.149 e. The maximum absolute atomic E-state index is 14.6. The largest absolute Gasteiger partial charge is 0.383 e. The monoisotopic (exact) mass is 448 g/mol. The zero-order valence-corrected chi connectivity index (χ0v) is 18.4. The summed E-state index contributed by atoms with van der Waals surface area (Å²) < 4.78 is 47.7. The lowest BCUT2D eigenvalue weighted by molar-refractivity contribution is 0.191. The van der Waals surface area contributed by atoms with Crippen molar-refractivity contribution in [3.63, 3.8) is 0 Å². The predicted octanol–water partition coefficient (Wildman–Crippen LogP) is 4.90. The number of nitrogens with zero attached hydrogens (tertiary/aromatic N) is 1. The van der Waals surface area contributed by atoms with Crippen LogP contribution >= 0.6 is 0 Å². The molecule has 0 unspecified atom stereocenters. The van der Waals surface area contributed by atoms with Crippen LogP contribution in [0.4, 0.5) is 24.7 Å². The maximum atomic E-state index is 14.6. The third-order valence-electron chi connectivity index (χ3n) is 6.34. The van der Waals surface area contributed by atoms with Crippen molar-refractivity contribution in [3.8, 4) is 11.1 Å². The van der Waals surface area contributed by atoms with Gasteiger partial charge in [0.25, 0.3) is 0 Å². The fraction of sp³-hybridized carbons (Fsp3) is 0.542. The van der Waals surface area contributed by atoms with Crippen LogP contribution in [0.3, 0.4) is 0 Å². The van der Waals surface area contributed by atoms with Gasteiger partial charge in [-0.2, -0.15) is 0 Å². The molecule has 2 saturated carbocycles. The average molecular weight is 449 g/mol. The Labute approximate surface area is 187 Å². The minimum atomic E-state index is -1.25. The highest BCUT2D eigenvalue weighted by atomic mass is 19.1. The van der Waals surface area contributed by atoms with Gasteiger partial charge in [0.2, 0.25) is 0 Å². The molecule has 5 nitrogen and oxygen atoms in total. The Morgan fingerprint density at radius 3 is 2.53 bits per heavy atom. The van der Waals surface area contributed by atoms with Crippen LogP contribution in [-0.2, 0) is 4.74 Å². The third-order valence-corrected chi connectivity index (χ3v) is 6.34. The number of anilines is 2. The Bertz CT molecular complexity index is 914. The highest BCUT2D eigenvalue weighted by molar-refractivity contribution is 5.71. The molecule has 0 amide bonds. The van der Waals surface area contributed by atoms with Crippen LogP contribution in [-0.4, -0.2) is 49.5 Å². The molecule has 174 valence electrons. The van der Waals surface area contributed by atoms with E-state index in [1.165, 1.54) is 24.4 Å². The highest BCUT2D eigenvalue weighted by Gasteiger charge is 2.42. The molecule has 2 fully saturated rings. The van der Waals surface area contributed by atoms with Gasteiger partial charge in [0.15, 0.2) is 0 Å². The average Bonchev–Trinajstić information content (AvgIpc) is 3.53. The van der Waals surface area contributed by atoms with Crippen molar-refractivity contribution in [2.24, 2.45) is 0 Å². The van der Waals surface area contributed by atoms with E-state index in [9.17, 15) is 13.2 Å². The number of ether oxygens (including phenoxy) is 1. The van der Waals surface area contributed by atoms with Gasteiger partial charge >= 0.3 is 0 Å². The van der Waals surface area contributed by atoms with Gasteiger partial charge in [-0.3, -0.25) is 0 Å². The lowest BCUT2D eigenvalue weighted by atomic mass is 9.91. The molecule has 1 aromatic carbocycles. The van der Waals surface area contributed by atoms with Crippen molar-refractivity contribution in [2.45, 2.75) is 56.3 Å². The van der Waals surface area contributed by atoms with E-state index in [1.807, 2.05) is 0 Å². The molecule has 4 rings (SSSR count). The Morgan fingerprint density at radius 1 is 1.06 bits per heavy atom. The fourth-order valence-corrected chi connectivity index (χ4v) is 4.15. The molecular formula is C24H31F3N4O. The van der Waals surface area contributed by atoms with Crippen LogP contribution in [0.1, 0.15) is 38.5 Å². The first-order chi connectivity index (χ1) is 15.5. The summed E-state index contributed by atoms with van der Waals surface area (Å²) in [5.41, 5.74) is -0.218. The standard InChI is InChI=1S/C24H31F3N4O/c1-32-11-10-28-17-3-5-18(6-4-17)31-23-13-19(21(26)14-29-23)16-2-7-20(25)22(12-16)30-15-24(27)8-9-24/h2,7,12-14,17-18,28,30H,3-6,8-11,15H2,1H3,(H,29,31)/t17-,18-. The Hall–Kier alpha value is -2.32. The highest BCUT2D eigenvalue weighted by Crippen LogP contribution is 2.40. The lowest BCUT2D eigenvalue weighted by Gasteiger charge is -2.30. The Balaban J connectivity index is 1.40. The van der Waals surface area contributed by atoms with Crippen molar-refractivity contribution in [1.82, 2.24) is 10.3 Å². The van der Waals surface area contributed by atoms with E-state index in [2.05, 4.69) is 20.9 Å². The first-order valence-electron chi connectivity index (χ1n) is 11.3. The van der Waals surface area contributed by atoms with Gasteiger partial charge in [0, 0.05) is 37.8 Å². The lowest BCUT2D eigenvalue weighted by Crippen LogP contribution is -2.38. The van der Waals surface area contributed by atoms with Crippen molar-refractivity contribution in [2.75, 3.05) is 37.4 Å². The second kappa shape index (κ2) is 10.1. The number of halogens is 3. The molecule has 0 aliphatic heterocycles. The Kier molecular flexibility index (Phi) is 7.20. The zero-order valence-electron chi connectivity index (χ0n) is 18.4. The van der Waals surface area contributed by atoms with Crippen molar-refractivity contribution in [1.29, 1.82) is 0 Å². The fourth-order valence-electron chi connectivity index (χ4n) is 4.15. The van der Waals surface area contributed by atoms with E-state index in [4.69, 9.17) is 4.74 Å². The summed E-state index contributed by atoms with van der Waals surface area (Å²) >= 11 is 0. The Morgan fingerprint density at radius 2 is 1.81 bits per heavy atom. The second-order valence-electron chi connectivity index (χ2n) is 8.89. The zero-order chi connectivity index (χ0) is 22.6. The van der Waals surface area contributed by atoms with E-state index in [1.54, 1.807) is 13.2 Å². The van der Waals surface area contributed by atoms with Gasteiger partial charge < -0.3 is 20.7 Å². The van der Waals surface area contributed by atoms with Gasteiger partial charge in [-0.25, -0.2) is 18.2 Å². The van der Waals surface area contributed by atoms with Gasteiger partial charge in [0.1, 0.15) is 23.1 Å². The molecule has 0 bridgehead atoms. The summed E-state index contributed by atoms with van der Waals surface area (Å²) in [6, 6.07) is 6.75. The third kappa shape index (κ3) is 5.92. The number of nitrogens with one attached hydrogen (secondary N) is 3. The molecule has 2 aliphatic rings. The van der Waals surface area contributed by atoms with Crippen LogP contribution < -0.4 is 16.0 Å². The van der Waals surface area contributed by atoms with E-state index in [0.717, 1.165) is 32.2 Å². The molecule has 0 radical (unpaired) electrons. The topological polar surface area (TPSA) is 58.2 Å². The summed E-state index contributed by atoms with van der Waals surface area (Å²) in [6.07, 6.45) is 6.26. The smallest absolute Gasteiger partial charge is 0.149 e. The summed E-state index contributed by atoms with van der Waals surface area (Å²) in [5.74, 6) is -0.373. The van der Waals surface area contributed by atoms with Gasteiger partial charge in [0.05, 0.1) is 18.5 Å². The van der Waals surface area contributed by atoms with Crippen molar-refractivity contribution in [3.05, 3.63) is 42.1 Å².